The number of hydrogen-bond acceptors (Lipinski definition) is 6. The molecule has 6 nitrogen and oxygen atoms in total. The third-order valence-corrected chi connectivity index (χ3v) is 7.25. The molecule has 35 heavy (non-hydrogen) atoms. The quantitative estimate of drug-likeness (QED) is 0.220. The van der Waals surface area contributed by atoms with Gasteiger partial charge < -0.3 is 9.84 Å². The highest BCUT2D eigenvalue weighted by Gasteiger charge is 2.48. The number of aryl methyl sites for hydroxylation is 2. The predicted molar refractivity (Wildman–Crippen MR) is 138 cm³/mol. The number of hydrogen-bond donors (Lipinski definition) is 1. The van der Waals surface area contributed by atoms with Crippen LogP contribution in [-0.2, 0) is 16.0 Å². The summed E-state index contributed by atoms with van der Waals surface area (Å²) in [6.45, 7) is 4.02. The average Bonchev–Trinajstić information content (AvgIpc) is 3.41. The maximum absolute atomic E-state index is 13.4. The highest BCUT2D eigenvalue weighted by molar-refractivity contribution is 7.22. The summed E-state index contributed by atoms with van der Waals surface area (Å²) >= 11 is 1.36. The van der Waals surface area contributed by atoms with E-state index in [9.17, 15) is 14.7 Å². The lowest BCUT2D eigenvalue weighted by atomic mass is 9.95. The van der Waals surface area contributed by atoms with Crippen molar-refractivity contribution in [3.8, 4) is 5.75 Å². The summed E-state index contributed by atoms with van der Waals surface area (Å²) in [6, 6.07) is 19.5. The Hall–Kier alpha value is -3.97. The normalized spacial score (nSPS) is 17.3. The molecule has 0 unspecified atom stereocenters. The number of carbonyl (C=O) groups excluding carboxylic acids is 2. The fourth-order valence-electron chi connectivity index (χ4n) is 4.30. The minimum atomic E-state index is -0.849. The lowest BCUT2D eigenvalue weighted by Crippen LogP contribution is -2.29. The summed E-state index contributed by atoms with van der Waals surface area (Å²) < 4.78 is 6.33. The van der Waals surface area contributed by atoms with Gasteiger partial charge in [-0.05, 0) is 48.7 Å². The smallest absolute Gasteiger partial charge is 0.301 e. The maximum Gasteiger partial charge on any atom is 0.301 e. The van der Waals surface area contributed by atoms with Gasteiger partial charge in [0, 0.05) is 5.56 Å². The highest BCUT2D eigenvalue weighted by atomic mass is 32.1. The number of anilines is 1. The van der Waals surface area contributed by atoms with Gasteiger partial charge in [-0.15, -0.1) is 0 Å². The number of rotatable bonds is 5. The molecule has 2 heterocycles. The number of Topliss-reactive ketones (excluding diaryl/α,β-unsaturated/α-hetero) is 1. The molecule has 1 atom stereocenters. The fraction of sp³-hybridized carbons (Fsp3) is 0.179. The molecule has 0 spiro atoms. The number of thiazole rings is 1. The van der Waals surface area contributed by atoms with E-state index in [-0.39, 0.29) is 11.3 Å². The van der Waals surface area contributed by atoms with E-state index in [1.165, 1.54) is 21.8 Å². The van der Waals surface area contributed by atoms with E-state index in [0.717, 1.165) is 22.2 Å². The summed E-state index contributed by atoms with van der Waals surface area (Å²) in [6.07, 6.45) is 0.883. The van der Waals surface area contributed by atoms with Crippen molar-refractivity contribution >= 4 is 44.1 Å². The molecule has 1 fully saturated rings. The summed E-state index contributed by atoms with van der Waals surface area (Å²) in [5.74, 6) is -1.10. The SMILES string of the molecule is CCc1ccc2nc(N3C(=O)C(=O)/C(=C(/O)c4ccc(C)cc4)[C@@H]3c3cccc(OC)c3)sc2c1. The predicted octanol–water partition coefficient (Wildman–Crippen LogP) is 5.80. The van der Waals surface area contributed by atoms with E-state index in [1.54, 1.807) is 37.4 Å². The molecule has 1 aliphatic rings. The molecule has 5 rings (SSSR count). The van der Waals surface area contributed by atoms with Crippen LogP contribution in [0, 0.1) is 6.92 Å². The number of aromatic nitrogens is 1. The van der Waals surface area contributed by atoms with Crippen LogP contribution in [0.1, 0.15) is 35.2 Å². The zero-order valence-corrected chi connectivity index (χ0v) is 20.4. The first-order valence-corrected chi connectivity index (χ1v) is 12.1. The van der Waals surface area contributed by atoms with E-state index in [2.05, 4.69) is 18.0 Å². The Morgan fingerprint density at radius 2 is 1.86 bits per heavy atom. The first kappa shape index (κ1) is 22.8. The van der Waals surface area contributed by atoms with E-state index in [4.69, 9.17) is 4.74 Å². The molecular formula is C28H24N2O4S. The van der Waals surface area contributed by atoms with Crippen LogP contribution in [0.4, 0.5) is 5.13 Å². The molecule has 7 heteroatoms. The zero-order valence-electron chi connectivity index (χ0n) is 19.6. The second-order valence-corrected chi connectivity index (χ2v) is 9.47. The third-order valence-electron chi connectivity index (χ3n) is 6.23. The van der Waals surface area contributed by atoms with Crippen molar-refractivity contribution in [3.63, 3.8) is 0 Å². The van der Waals surface area contributed by atoms with Crippen LogP contribution >= 0.6 is 11.3 Å². The number of amides is 1. The van der Waals surface area contributed by atoms with Gasteiger partial charge in [-0.1, -0.05) is 66.3 Å². The Morgan fingerprint density at radius 3 is 2.57 bits per heavy atom. The molecule has 176 valence electrons. The molecule has 1 saturated heterocycles. The zero-order chi connectivity index (χ0) is 24.7. The van der Waals surface area contributed by atoms with Gasteiger partial charge in [0.2, 0.25) is 0 Å². The molecule has 1 amide bonds. The molecule has 1 N–H and O–H groups in total. The Kier molecular flexibility index (Phi) is 5.86. The first-order chi connectivity index (χ1) is 16.9. The van der Waals surface area contributed by atoms with Crippen LogP contribution in [-0.4, -0.2) is 28.9 Å². The largest absolute Gasteiger partial charge is 0.507 e. The number of nitrogens with zero attached hydrogens (tertiary/aromatic N) is 2. The molecule has 1 aromatic heterocycles. The molecular weight excluding hydrogens is 460 g/mol. The van der Waals surface area contributed by atoms with Gasteiger partial charge in [-0.25, -0.2) is 4.98 Å². The standard InChI is InChI=1S/C28H24N2O4S/c1-4-17-10-13-21-22(14-17)35-28(29-21)30-24(19-6-5-7-20(15-19)34-3)23(26(32)27(30)33)25(31)18-11-8-16(2)9-12-18/h5-15,24,31H,4H2,1-3H3/b25-23+/t24-/m0/s1. The lowest BCUT2D eigenvalue weighted by molar-refractivity contribution is -0.132. The lowest BCUT2D eigenvalue weighted by Gasteiger charge is -2.23. The van der Waals surface area contributed by atoms with E-state index >= 15 is 0 Å². The molecule has 0 aliphatic carbocycles. The van der Waals surface area contributed by atoms with Gasteiger partial charge in [-0.2, -0.15) is 0 Å². The third kappa shape index (κ3) is 3.98. The van der Waals surface area contributed by atoms with Crippen molar-refractivity contribution in [2.75, 3.05) is 12.0 Å². The van der Waals surface area contributed by atoms with Crippen molar-refractivity contribution < 1.29 is 19.4 Å². The second kappa shape index (κ2) is 9.00. The molecule has 4 aromatic rings. The van der Waals surface area contributed by atoms with Crippen molar-refractivity contribution in [1.29, 1.82) is 0 Å². The van der Waals surface area contributed by atoms with Crippen LogP contribution < -0.4 is 9.64 Å². The highest BCUT2D eigenvalue weighted by Crippen LogP contribution is 2.44. The Morgan fingerprint density at radius 1 is 1.09 bits per heavy atom. The topological polar surface area (TPSA) is 79.7 Å². The minimum Gasteiger partial charge on any atom is -0.507 e. The Bertz CT molecular complexity index is 1490. The maximum atomic E-state index is 13.4. The van der Waals surface area contributed by atoms with Gasteiger partial charge in [0.1, 0.15) is 11.5 Å². The van der Waals surface area contributed by atoms with Crippen molar-refractivity contribution in [2.45, 2.75) is 26.3 Å². The summed E-state index contributed by atoms with van der Waals surface area (Å²) in [5.41, 5.74) is 4.09. The Labute approximate surface area is 207 Å². The van der Waals surface area contributed by atoms with Gasteiger partial charge in [0.05, 0.1) is 28.9 Å². The minimum absolute atomic E-state index is 0.0283. The number of methoxy groups -OCH3 is 1. The molecule has 0 saturated carbocycles. The van der Waals surface area contributed by atoms with E-state index < -0.39 is 17.7 Å². The van der Waals surface area contributed by atoms with Crippen LogP contribution in [0.25, 0.3) is 16.0 Å². The Balaban J connectivity index is 1.72. The number of carbonyl (C=O) groups is 2. The van der Waals surface area contributed by atoms with Gasteiger partial charge >= 0.3 is 5.91 Å². The van der Waals surface area contributed by atoms with Gasteiger partial charge in [-0.3, -0.25) is 14.5 Å². The van der Waals surface area contributed by atoms with Crippen LogP contribution in [0.15, 0.2) is 72.3 Å². The monoisotopic (exact) mass is 484 g/mol. The van der Waals surface area contributed by atoms with E-state index in [0.29, 0.717) is 22.0 Å². The van der Waals surface area contributed by atoms with Crippen LogP contribution in [0.2, 0.25) is 0 Å². The number of ether oxygens (including phenoxy) is 1. The fourth-order valence-corrected chi connectivity index (χ4v) is 5.36. The second-order valence-electron chi connectivity index (χ2n) is 8.46. The number of ketones is 1. The van der Waals surface area contributed by atoms with Crippen molar-refractivity contribution in [3.05, 3.63) is 94.6 Å². The number of aliphatic hydroxyl groups excluding tert-OH is 1. The first-order valence-electron chi connectivity index (χ1n) is 11.3. The average molecular weight is 485 g/mol. The van der Waals surface area contributed by atoms with Crippen LogP contribution in [0.3, 0.4) is 0 Å². The van der Waals surface area contributed by atoms with Crippen molar-refractivity contribution in [2.24, 2.45) is 0 Å². The molecule has 0 radical (unpaired) electrons. The summed E-state index contributed by atoms with van der Waals surface area (Å²) in [5, 5.41) is 11.7. The molecule has 1 aliphatic heterocycles. The number of benzene rings is 3. The van der Waals surface area contributed by atoms with Crippen LogP contribution in [0.5, 0.6) is 5.75 Å². The summed E-state index contributed by atoms with van der Waals surface area (Å²) in [4.78, 5) is 32.9. The number of fused-ring (bicyclic) bond motifs is 1. The number of aliphatic hydroxyl groups is 1. The molecule has 3 aromatic carbocycles. The molecule has 0 bridgehead atoms. The van der Waals surface area contributed by atoms with Crippen molar-refractivity contribution in [1.82, 2.24) is 4.98 Å². The van der Waals surface area contributed by atoms with Gasteiger partial charge in [0.15, 0.2) is 5.13 Å². The summed E-state index contributed by atoms with van der Waals surface area (Å²) in [7, 11) is 1.56. The van der Waals surface area contributed by atoms with Gasteiger partial charge in [0.25, 0.3) is 5.78 Å². The van der Waals surface area contributed by atoms with E-state index in [1.807, 2.05) is 37.3 Å².